The Balaban J connectivity index is 3.25. The molecule has 3 heteroatoms. The molecule has 2 N–H and O–H groups in total. The fourth-order valence-electron chi connectivity index (χ4n) is 2.43. The fraction of sp³-hybridized carbons (Fsp3) is 0.526. The zero-order valence-corrected chi connectivity index (χ0v) is 14.5. The second-order valence-electron chi connectivity index (χ2n) is 5.82. The van der Waals surface area contributed by atoms with Gasteiger partial charge in [-0.1, -0.05) is 27.7 Å². The summed E-state index contributed by atoms with van der Waals surface area (Å²) < 4.78 is 4.93. The summed E-state index contributed by atoms with van der Waals surface area (Å²) in [5, 5.41) is 0. The van der Waals surface area contributed by atoms with Crippen LogP contribution in [0.25, 0.3) is 6.08 Å². The number of ether oxygens (including phenoxy) is 1. The van der Waals surface area contributed by atoms with Gasteiger partial charge < -0.3 is 10.5 Å². The molecule has 1 rings (SSSR count). The second kappa shape index (κ2) is 8.62. The summed E-state index contributed by atoms with van der Waals surface area (Å²) in [6.45, 7) is 10.9. The highest BCUT2D eigenvalue weighted by Gasteiger charge is 2.15. The highest BCUT2D eigenvalue weighted by molar-refractivity contribution is 5.87. The van der Waals surface area contributed by atoms with Crippen LogP contribution in [0.3, 0.4) is 0 Å². The predicted molar refractivity (Wildman–Crippen MR) is 93.9 cm³/mol. The van der Waals surface area contributed by atoms with Crippen LogP contribution in [0, 0.1) is 0 Å². The van der Waals surface area contributed by atoms with Crippen LogP contribution in [-0.2, 0) is 9.53 Å². The number of nitrogens with two attached hydrogens (primary N) is 1. The third-order valence-electron chi connectivity index (χ3n) is 4.25. The molecule has 0 saturated carbocycles. The van der Waals surface area contributed by atoms with Crippen LogP contribution < -0.4 is 5.73 Å². The molecule has 2 unspecified atom stereocenters. The molecule has 0 fully saturated rings. The lowest BCUT2D eigenvalue weighted by atomic mass is 9.87. The number of nitrogen functional groups attached to an aromatic ring is 1. The molecule has 122 valence electrons. The number of carbonyl (C=O) groups is 1. The molecule has 3 nitrogen and oxygen atoms in total. The van der Waals surface area contributed by atoms with E-state index in [1.165, 1.54) is 17.2 Å². The van der Waals surface area contributed by atoms with E-state index in [9.17, 15) is 4.79 Å². The Kier molecular flexibility index (Phi) is 7.16. The monoisotopic (exact) mass is 303 g/mol. The van der Waals surface area contributed by atoms with Crippen LogP contribution in [0.15, 0.2) is 18.2 Å². The average molecular weight is 303 g/mol. The molecule has 0 amide bonds. The van der Waals surface area contributed by atoms with Crippen molar-refractivity contribution in [2.24, 2.45) is 0 Å². The SMILES string of the molecule is CCOC(=O)/C=C/c1cc(C(C)CC)c(N)c(C(C)CC)c1. The normalized spacial score (nSPS) is 14.0. The molecule has 0 aliphatic heterocycles. The Hall–Kier alpha value is -1.77. The summed E-state index contributed by atoms with van der Waals surface area (Å²) in [5.41, 5.74) is 10.6. The van der Waals surface area contributed by atoms with Crippen LogP contribution in [-0.4, -0.2) is 12.6 Å². The lowest BCUT2D eigenvalue weighted by Gasteiger charge is -2.20. The van der Waals surface area contributed by atoms with Gasteiger partial charge in [-0.2, -0.15) is 0 Å². The highest BCUT2D eigenvalue weighted by Crippen LogP contribution is 2.34. The number of benzene rings is 1. The van der Waals surface area contributed by atoms with Gasteiger partial charge in [0.25, 0.3) is 0 Å². The summed E-state index contributed by atoms with van der Waals surface area (Å²) in [6.07, 6.45) is 5.37. The molecule has 2 atom stereocenters. The van der Waals surface area contributed by atoms with Crippen LogP contribution in [0.5, 0.6) is 0 Å². The zero-order valence-electron chi connectivity index (χ0n) is 14.5. The van der Waals surface area contributed by atoms with E-state index in [0.717, 1.165) is 24.1 Å². The summed E-state index contributed by atoms with van der Waals surface area (Å²) in [5.74, 6) is 0.493. The first-order valence-electron chi connectivity index (χ1n) is 8.22. The Morgan fingerprint density at radius 1 is 1.14 bits per heavy atom. The first kappa shape index (κ1) is 18.3. The van der Waals surface area contributed by atoms with Crippen molar-refractivity contribution < 1.29 is 9.53 Å². The Morgan fingerprint density at radius 2 is 1.64 bits per heavy atom. The van der Waals surface area contributed by atoms with E-state index in [1.807, 2.05) is 6.08 Å². The van der Waals surface area contributed by atoms with Gasteiger partial charge in [0, 0.05) is 11.8 Å². The third-order valence-corrected chi connectivity index (χ3v) is 4.25. The quantitative estimate of drug-likeness (QED) is 0.444. The molecule has 0 radical (unpaired) electrons. The third kappa shape index (κ3) is 4.62. The van der Waals surface area contributed by atoms with E-state index in [2.05, 4.69) is 39.8 Å². The van der Waals surface area contributed by atoms with E-state index in [1.54, 1.807) is 6.92 Å². The Bertz CT molecular complexity index is 503. The predicted octanol–water partition coefficient (Wildman–Crippen LogP) is 4.87. The summed E-state index contributed by atoms with van der Waals surface area (Å²) in [6, 6.07) is 4.18. The minimum absolute atomic E-state index is 0.311. The molecule has 0 spiro atoms. The van der Waals surface area contributed by atoms with E-state index in [0.29, 0.717) is 18.4 Å². The van der Waals surface area contributed by atoms with E-state index in [-0.39, 0.29) is 5.97 Å². The van der Waals surface area contributed by atoms with Crippen LogP contribution in [0.1, 0.15) is 76.0 Å². The average Bonchev–Trinajstić information content (AvgIpc) is 2.52. The molecule has 0 bridgehead atoms. The van der Waals surface area contributed by atoms with Gasteiger partial charge in [-0.05, 0) is 66.5 Å². The molecule has 1 aromatic carbocycles. The van der Waals surface area contributed by atoms with Crippen molar-refractivity contribution in [2.75, 3.05) is 12.3 Å². The molecule has 22 heavy (non-hydrogen) atoms. The molecule has 0 heterocycles. The Morgan fingerprint density at radius 3 is 2.05 bits per heavy atom. The second-order valence-corrected chi connectivity index (χ2v) is 5.82. The van der Waals surface area contributed by atoms with Crippen LogP contribution in [0.4, 0.5) is 5.69 Å². The Labute approximate surface area is 134 Å². The lowest BCUT2D eigenvalue weighted by Crippen LogP contribution is -2.06. The molecule has 1 aromatic rings. The van der Waals surface area contributed by atoms with Crippen molar-refractivity contribution in [3.63, 3.8) is 0 Å². The van der Waals surface area contributed by atoms with E-state index >= 15 is 0 Å². The maximum absolute atomic E-state index is 11.5. The van der Waals surface area contributed by atoms with Gasteiger partial charge in [-0.25, -0.2) is 4.79 Å². The van der Waals surface area contributed by atoms with Gasteiger partial charge in [0.2, 0.25) is 0 Å². The van der Waals surface area contributed by atoms with Crippen LogP contribution >= 0.6 is 0 Å². The topological polar surface area (TPSA) is 52.3 Å². The summed E-state index contributed by atoms with van der Waals surface area (Å²) in [4.78, 5) is 11.5. The summed E-state index contributed by atoms with van der Waals surface area (Å²) >= 11 is 0. The largest absolute Gasteiger partial charge is 0.463 e. The molecule has 0 aliphatic rings. The van der Waals surface area contributed by atoms with Gasteiger partial charge in [0.1, 0.15) is 0 Å². The molecular weight excluding hydrogens is 274 g/mol. The first-order valence-corrected chi connectivity index (χ1v) is 8.22. The molecular formula is C19H29NO2. The highest BCUT2D eigenvalue weighted by atomic mass is 16.5. The maximum Gasteiger partial charge on any atom is 0.330 e. The standard InChI is InChI=1S/C19H29NO2/c1-6-13(4)16-11-15(9-10-18(21)22-8-3)12-17(19(16)20)14(5)7-2/h9-14H,6-8,20H2,1-5H3/b10-9+. The lowest BCUT2D eigenvalue weighted by molar-refractivity contribution is -0.137. The van der Waals surface area contributed by atoms with Crippen molar-refractivity contribution >= 4 is 17.7 Å². The molecule has 0 saturated heterocycles. The summed E-state index contributed by atoms with van der Waals surface area (Å²) in [7, 11) is 0. The van der Waals surface area contributed by atoms with Crippen molar-refractivity contribution in [3.8, 4) is 0 Å². The maximum atomic E-state index is 11.5. The van der Waals surface area contributed by atoms with Crippen molar-refractivity contribution in [2.45, 2.75) is 59.3 Å². The fourth-order valence-corrected chi connectivity index (χ4v) is 2.43. The minimum Gasteiger partial charge on any atom is -0.463 e. The van der Waals surface area contributed by atoms with Crippen molar-refractivity contribution in [3.05, 3.63) is 34.9 Å². The van der Waals surface area contributed by atoms with Gasteiger partial charge in [0.05, 0.1) is 6.61 Å². The van der Waals surface area contributed by atoms with E-state index in [4.69, 9.17) is 10.5 Å². The van der Waals surface area contributed by atoms with Gasteiger partial charge >= 0.3 is 5.97 Å². The van der Waals surface area contributed by atoms with Crippen molar-refractivity contribution in [1.82, 2.24) is 0 Å². The number of carbonyl (C=O) groups excluding carboxylic acids is 1. The zero-order chi connectivity index (χ0) is 16.7. The number of hydrogen-bond donors (Lipinski definition) is 1. The van der Waals surface area contributed by atoms with Gasteiger partial charge in [-0.15, -0.1) is 0 Å². The number of anilines is 1. The van der Waals surface area contributed by atoms with Gasteiger partial charge in [-0.3, -0.25) is 0 Å². The smallest absolute Gasteiger partial charge is 0.330 e. The molecule has 0 aromatic heterocycles. The number of hydrogen-bond acceptors (Lipinski definition) is 3. The van der Waals surface area contributed by atoms with Gasteiger partial charge in [0.15, 0.2) is 0 Å². The van der Waals surface area contributed by atoms with Crippen LogP contribution in [0.2, 0.25) is 0 Å². The minimum atomic E-state index is -0.311. The van der Waals surface area contributed by atoms with Crippen molar-refractivity contribution in [1.29, 1.82) is 0 Å². The first-order chi connectivity index (χ1) is 10.4. The molecule has 0 aliphatic carbocycles. The van der Waals surface area contributed by atoms with E-state index < -0.39 is 0 Å². The number of rotatable bonds is 7. The number of esters is 1.